The van der Waals surface area contributed by atoms with Crippen molar-refractivity contribution in [3.63, 3.8) is 0 Å². The molecule has 0 bridgehead atoms. The first kappa shape index (κ1) is 12.4. The third-order valence-electron chi connectivity index (χ3n) is 4.27. The Bertz CT molecular complexity index is 183. The zero-order valence-electron chi connectivity index (χ0n) is 10.9. The van der Waals surface area contributed by atoms with Crippen molar-refractivity contribution >= 4 is 0 Å². The van der Waals surface area contributed by atoms with Gasteiger partial charge in [0.25, 0.3) is 0 Å². The third-order valence-corrected chi connectivity index (χ3v) is 4.27. The van der Waals surface area contributed by atoms with Crippen LogP contribution in [0.15, 0.2) is 0 Å². The van der Waals surface area contributed by atoms with E-state index in [4.69, 9.17) is 0 Å². The molecule has 0 aromatic rings. The van der Waals surface area contributed by atoms with Crippen molar-refractivity contribution in [2.45, 2.75) is 57.4 Å². The zero-order valence-corrected chi connectivity index (χ0v) is 10.9. The van der Waals surface area contributed by atoms with Crippen molar-refractivity contribution in [2.24, 2.45) is 5.92 Å². The highest BCUT2D eigenvalue weighted by Crippen LogP contribution is 2.26. The molecule has 0 radical (unpaired) electrons. The Morgan fingerprint density at radius 1 is 1.00 bits per heavy atom. The molecule has 94 valence electrons. The Kier molecular flexibility index (Phi) is 5.11. The van der Waals surface area contributed by atoms with E-state index in [2.05, 4.69) is 17.3 Å². The predicted molar refractivity (Wildman–Crippen MR) is 69.7 cm³/mol. The fraction of sp³-hybridized carbons (Fsp3) is 1.00. The van der Waals surface area contributed by atoms with E-state index in [1.807, 2.05) is 0 Å². The van der Waals surface area contributed by atoms with E-state index in [0.717, 1.165) is 12.0 Å². The molecule has 2 nitrogen and oxygen atoms in total. The van der Waals surface area contributed by atoms with Crippen molar-refractivity contribution in [3.8, 4) is 0 Å². The van der Waals surface area contributed by atoms with Gasteiger partial charge in [-0.25, -0.2) is 0 Å². The lowest BCUT2D eigenvalue weighted by Crippen LogP contribution is -2.31. The lowest BCUT2D eigenvalue weighted by atomic mass is 9.87. The minimum Gasteiger partial charge on any atom is -0.315 e. The molecule has 0 aromatic heterocycles. The Balaban J connectivity index is 1.42. The van der Waals surface area contributed by atoms with Crippen LogP contribution >= 0.6 is 0 Å². The van der Waals surface area contributed by atoms with Crippen LogP contribution in [-0.2, 0) is 0 Å². The molecule has 0 amide bonds. The van der Waals surface area contributed by atoms with E-state index in [1.54, 1.807) is 0 Å². The van der Waals surface area contributed by atoms with Crippen LogP contribution in [0.4, 0.5) is 0 Å². The molecule has 2 aliphatic carbocycles. The Hall–Kier alpha value is -0.0800. The van der Waals surface area contributed by atoms with E-state index in [-0.39, 0.29) is 0 Å². The summed E-state index contributed by atoms with van der Waals surface area (Å²) in [5.41, 5.74) is 0. The van der Waals surface area contributed by atoms with Crippen molar-refractivity contribution in [2.75, 3.05) is 26.7 Å². The standard InChI is InChI=1S/C14H28N2/c1-16(14-7-8-14)12-11-15-10-9-13-5-3-2-4-6-13/h13-15H,2-12H2,1H3. The summed E-state index contributed by atoms with van der Waals surface area (Å²) in [6.07, 6.45) is 11.7. The van der Waals surface area contributed by atoms with Gasteiger partial charge >= 0.3 is 0 Å². The summed E-state index contributed by atoms with van der Waals surface area (Å²) in [6, 6.07) is 0.917. The van der Waals surface area contributed by atoms with Crippen LogP contribution in [0, 0.1) is 5.92 Å². The number of nitrogens with one attached hydrogen (secondary N) is 1. The molecule has 0 aliphatic heterocycles. The number of hydrogen-bond acceptors (Lipinski definition) is 2. The van der Waals surface area contributed by atoms with Crippen LogP contribution < -0.4 is 5.32 Å². The van der Waals surface area contributed by atoms with Gasteiger partial charge in [0.15, 0.2) is 0 Å². The summed E-state index contributed by atoms with van der Waals surface area (Å²) in [7, 11) is 2.26. The van der Waals surface area contributed by atoms with Crippen molar-refractivity contribution in [1.29, 1.82) is 0 Å². The fourth-order valence-corrected chi connectivity index (χ4v) is 2.86. The molecule has 0 atom stereocenters. The Morgan fingerprint density at radius 2 is 1.75 bits per heavy atom. The quantitative estimate of drug-likeness (QED) is 0.669. The number of likely N-dealkylation sites (N-methyl/N-ethyl adjacent to an activating group) is 1. The first-order chi connectivity index (χ1) is 7.86. The number of hydrogen-bond donors (Lipinski definition) is 1. The van der Waals surface area contributed by atoms with Gasteiger partial charge < -0.3 is 10.2 Å². The van der Waals surface area contributed by atoms with Gasteiger partial charge in [0.2, 0.25) is 0 Å². The van der Waals surface area contributed by atoms with E-state index in [1.165, 1.54) is 71.0 Å². The summed E-state index contributed by atoms with van der Waals surface area (Å²) in [6.45, 7) is 3.65. The highest BCUT2D eigenvalue weighted by molar-refractivity contribution is 4.82. The van der Waals surface area contributed by atoms with E-state index in [9.17, 15) is 0 Å². The lowest BCUT2D eigenvalue weighted by Gasteiger charge is -2.22. The summed E-state index contributed by atoms with van der Waals surface area (Å²) in [5, 5.41) is 3.60. The van der Waals surface area contributed by atoms with Gasteiger partial charge in [-0.3, -0.25) is 0 Å². The molecule has 0 unspecified atom stereocenters. The summed E-state index contributed by atoms with van der Waals surface area (Å²) in [5.74, 6) is 1.03. The molecule has 0 heterocycles. The fourth-order valence-electron chi connectivity index (χ4n) is 2.86. The Labute approximate surface area is 101 Å². The number of rotatable bonds is 7. The van der Waals surface area contributed by atoms with Crippen LogP contribution in [0.5, 0.6) is 0 Å². The molecule has 2 fully saturated rings. The molecular formula is C14H28N2. The molecular weight excluding hydrogens is 196 g/mol. The predicted octanol–water partition coefficient (Wildman–Crippen LogP) is 2.64. The average Bonchev–Trinajstić information content (AvgIpc) is 3.13. The van der Waals surface area contributed by atoms with Gasteiger partial charge in [-0.1, -0.05) is 32.1 Å². The molecule has 2 saturated carbocycles. The van der Waals surface area contributed by atoms with Crippen molar-refractivity contribution in [1.82, 2.24) is 10.2 Å². The van der Waals surface area contributed by atoms with Crippen LogP contribution in [0.25, 0.3) is 0 Å². The van der Waals surface area contributed by atoms with Gasteiger partial charge in [-0.15, -0.1) is 0 Å². The van der Waals surface area contributed by atoms with Crippen LogP contribution in [0.2, 0.25) is 0 Å². The normalized spacial score (nSPS) is 22.9. The number of nitrogens with zero attached hydrogens (tertiary/aromatic N) is 1. The maximum Gasteiger partial charge on any atom is 0.0107 e. The van der Waals surface area contributed by atoms with Gasteiger partial charge in [0.05, 0.1) is 0 Å². The molecule has 1 N–H and O–H groups in total. The van der Waals surface area contributed by atoms with Gasteiger partial charge in [0.1, 0.15) is 0 Å². The minimum atomic E-state index is 0.917. The largest absolute Gasteiger partial charge is 0.315 e. The molecule has 2 aliphatic rings. The Morgan fingerprint density at radius 3 is 2.44 bits per heavy atom. The van der Waals surface area contributed by atoms with Crippen LogP contribution in [0.1, 0.15) is 51.4 Å². The maximum atomic E-state index is 3.60. The topological polar surface area (TPSA) is 15.3 Å². The second-order valence-corrected chi connectivity index (χ2v) is 5.75. The van der Waals surface area contributed by atoms with Crippen molar-refractivity contribution in [3.05, 3.63) is 0 Å². The van der Waals surface area contributed by atoms with E-state index >= 15 is 0 Å². The first-order valence-corrected chi connectivity index (χ1v) is 7.27. The van der Waals surface area contributed by atoms with Gasteiger partial charge in [0, 0.05) is 19.1 Å². The zero-order chi connectivity index (χ0) is 11.2. The highest BCUT2D eigenvalue weighted by Gasteiger charge is 2.25. The van der Waals surface area contributed by atoms with E-state index in [0.29, 0.717) is 0 Å². The maximum absolute atomic E-state index is 3.60. The summed E-state index contributed by atoms with van der Waals surface area (Å²) < 4.78 is 0. The SMILES string of the molecule is CN(CCNCCC1CCCCC1)C1CC1. The smallest absolute Gasteiger partial charge is 0.0107 e. The third kappa shape index (κ3) is 4.42. The van der Waals surface area contributed by atoms with Crippen LogP contribution in [0.3, 0.4) is 0 Å². The van der Waals surface area contributed by atoms with Gasteiger partial charge in [-0.2, -0.15) is 0 Å². The second-order valence-electron chi connectivity index (χ2n) is 5.75. The average molecular weight is 224 g/mol. The minimum absolute atomic E-state index is 0.917. The van der Waals surface area contributed by atoms with E-state index < -0.39 is 0 Å². The first-order valence-electron chi connectivity index (χ1n) is 7.27. The summed E-state index contributed by atoms with van der Waals surface area (Å²) in [4.78, 5) is 2.51. The molecule has 2 heteroatoms. The molecule has 16 heavy (non-hydrogen) atoms. The van der Waals surface area contributed by atoms with Crippen molar-refractivity contribution < 1.29 is 0 Å². The molecule has 0 aromatic carbocycles. The second kappa shape index (κ2) is 6.61. The van der Waals surface area contributed by atoms with Gasteiger partial charge in [-0.05, 0) is 38.8 Å². The molecule has 0 saturated heterocycles. The van der Waals surface area contributed by atoms with Crippen LogP contribution in [-0.4, -0.2) is 37.6 Å². The molecule has 2 rings (SSSR count). The summed E-state index contributed by atoms with van der Waals surface area (Å²) >= 11 is 0. The lowest BCUT2D eigenvalue weighted by molar-refractivity contribution is 0.308. The highest BCUT2D eigenvalue weighted by atomic mass is 15.2. The monoisotopic (exact) mass is 224 g/mol. The molecule has 0 spiro atoms.